The molecule has 3 rings (SSSR count). The van der Waals surface area contributed by atoms with Crippen molar-refractivity contribution in [1.82, 2.24) is 0 Å². The highest BCUT2D eigenvalue weighted by Gasteiger charge is 2.42. The Morgan fingerprint density at radius 1 is 0.774 bits per heavy atom. The Kier molecular flexibility index (Phi) is 7.78. The molecule has 0 saturated heterocycles. The summed E-state index contributed by atoms with van der Waals surface area (Å²) in [6.45, 7) is 0. The molecule has 2 atom stereocenters. The predicted molar refractivity (Wildman–Crippen MR) is 117 cm³/mol. The van der Waals surface area contributed by atoms with E-state index in [1.807, 2.05) is 91.0 Å². The maximum absolute atomic E-state index is 10.9. The summed E-state index contributed by atoms with van der Waals surface area (Å²) in [6.07, 6.45) is -3.73. The van der Waals surface area contributed by atoms with Gasteiger partial charge in [-0.25, -0.2) is 0 Å². The normalized spacial score (nSPS) is 13.4. The smallest absolute Gasteiger partial charge is 0.185 e. The van der Waals surface area contributed by atoms with Crippen molar-refractivity contribution in [3.63, 3.8) is 0 Å². The van der Waals surface area contributed by atoms with Gasteiger partial charge in [0.2, 0.25) is 0 Å². The zero-order valence-electron chi connectivity index (χ0n) is 17.4. The summed E-state index contributed by atoms with van der Waals surface area (Å²) < 4.78 is 16.9. The Hall–Kier alpha value is -3.19. The molecule has 1 N–H and O–H groups in total. The van der Waals surface area contributed by atoms with E-state index < -0.39 is 24.2 Å². The van der Waals surface area contributed by atoms with Gasteiger partial charge in [-0.05, 0) is 22.2 Å². The molecule has 0 bridgehead atoms. The third-order valence-electron chi connectivity index (χ3n) is 5.04. The highest BCUT2D eigenvalue weighted by atomic mass is 16.7. The first kappa shape index (κ1) is 22.5. The van der Waals surface area contributed by atoms with Gasteiger partial charge in [0.05, 0.1) is 0 Å². The van der Waals surface area contributed by atoms with Crippen LogP contribution >= 0.6 is 0 Å². The third kappa shape index (κ3) is 4.77. The number of benzene rings is 3. The van der Waals surface area contributed by atoms with E-state index in [4.69, 9.17) is 14.2 Å². The highest BCUT2D eigenvalue weighted by Crippen LogP contribution is 2.42. The van der Waals surface area contributed by atoms with Gasteiger partial charge in [0, 0.05) is 19.1 Å². The largest absolute Gasteiger partial charge is 0.385 e. The van der Waals surface area contributed by atoms with E-state index >= 15 is 0 Å². The summed E-state index contributed by atoms with van der Waals surface area (Å²) in [4.78, 5) is 2.90. The minimum absolute atomic E-state index is 0.809. The number of aliphatic hydroxyl groups is 1. The quantitative estimate of drug-likeness (QED) is 0.171. The lowest BCUT2D eigenvalue weighted by atomic mass is 9.80. The number of hydrogen-bond donors (Lipinski definition) is 1. The molecule has 0 aliphatic rings. The van der Waals surface area contributed by atoms with Gasteiger partial charge in [-0.2, -0.15) is 0 Å². The van der Waals surface area contributed by atoms with Crippen molar-refractivity contribution >= 4 is 0 Å². The second kappa shape index (κ2) is 10.7. The molecule has 160 valence electrons. The van der Waals surface area contributed by atoms with E-state index in [1.165, 1.54) is 14.2 Å². The molecule has 0 heterocycles. The van der Waals surface area contributed by atoms with E-state index in [2.05, 4.69) is 10.0 Å². The molecule has 0 aliphatic carbocycles. The molecule has 0 unspecified atom stereocenters. The van der Waals surface area contributed by atoms with Crippen LogP contribution in [0.3, 0.4) is 0 Å². The lowest BCUT2D eigenvalue weighted by molar-refractivity contribution is -0.210. The van der Waals surface area contributed by atoms with Crippen LogP contribution in [0.4, 0.5) is 0 Å². The van der Waals surface area contributed by atoms with Gasteiger partial charge in [-0.15, -0.1) is 0 Å². The SMILES string of the molecule is COC(OC)[C@H](O)[C@H](N=[N+]=[N-])OC(c1ccccc1)(c1ccccc1)c1ccccc1. The molecule has 0 amide bonds. The van der Waals surface area contributed by atoms with Gasteiger partial charge in [0.15, 0.2) is 12.5 Å². The van der Waals surface area contributed by atoms with Gasteiger partial charge < -0.3 is 19.3 Å². The Bertz CT molecular complexity index is 879. The lowest BCUT2D eigenvalue weighted by Gasteiger charge is -2.39. The Morgan fingerprint density at radius 2 is 1.16 bits per heavy atom. The molecule has 0 saturated carbocycles. The van der Waals surface area contributed by atoms with E-state index in [0.29, 0.717) is 0 Å². The fourth-order valence-corrected chi connectivity index (χ4v) is 3.63. The number of nitrogens with zero attached hydrogens (tertiary/aromatic N) is 3. The summed E-state index contributed by atoms with van der Waals surface area (Å²) in [5.41, 5.74) is 10.5. The topological polar surface area (TPSA) is 96.7 Å². The zero-order valence-corrected chi connectivity index (χ0v) is 17.4. The standard InChI is InChI=1S/C24H25N3O4/c1-29-23(30-2)21(28)22(26-27-25)31-24(18-12-6-3-7-13-18,19-14-8-4-9-15-19)20-16-10-5-11-17-20/h3-17,21-23,28H,1-2H3/t21-,22-/m1/s1. The summed E-state index contributed by atoms with van der Waals surface area (Å²) >= 11 is 0. The number of azide groups is 1. The predicted octanol–water partition coefficient (Wildman–Crippen LogP) is 4.61. The van der Waals surface area contributed by atoms with E-state index in [1.54, 1.807) is 0 Å². The van der Waals surface area contributed by atoms with Crippen molar-refractivity contribution in [3.05, 3.63) is 118 Å². The van der Waals surface area contributed by atoms with E-state index in [-0.39, 0.29) is 0 Å². The highest BCUT2D eigenvalue weighted by molar-refractivity contribution is 5.47. The van der Waals surface area contributed by atoms with Crippen molar-refractivity contribution in [2.45, 2.75) is 24.2 Å². The monoisotopic (exact) mass is 419 g/mol. The summed E-state index contributed by atoms with van der Waals surface area (Å²) in [5.74, 6) is 0. The lowest BCUT2D eigenvalue weighted by Crippen LogP contribution is -2.45. The third-order valence-corrected chi connectivity index (χ3v) is 5.04. The molecule has 0 radical (unpaired) electrons. The van der Waals surface area contributed by atoms with Gasteiger partial charge in [0.1, 0.15) is 11.7 Å². The Morgan fingerprint density at radius 3 is 1.48 bits per heavy atom. The molecule has 0 spiro atoms. The minimum Gasteiger partial charge on any atom is -0.385 e. The van der Waals surface area contributed by atoms with Crippen LogP contribution in [0.5, 0.6) is 0 Å². The first-order chi connectivity index (χ1) is 15.2. The van der Waals surface area contributed by atoms with E-state index in [0.717, 1.165) is 16.7 Å². The van der Waals surface area contributed by atoms with Crippen molar-refractivity contribution in [2.24, 2.45) is 5.11 Å². The summed E-state index contributed by atoms with van der Waals surface area (Å²) in [6, 6.07) is 28.8. The van der Waals surface area contributed by atoms with Gasteiger partial charge >= 0.3 is 0 Å². The number of rotatable bonds is 10. The molecule has 0 aromatic heterocycles. The zero-order chi connectivity index (χ0) is 22.1. The summed E-state index contributed by atoms with van der Waals surface area (Å²) in [7, 11) is 2.78. The maximum Gasteiger partial charge on any atom is 0.185 e. The van der Waals surface area contributed by atoms with Gasteiger partial charge in [-0.1, -0.05) is 96.1 Å². The average molecular weight is 419 g/mol. The van der Waals surface area contributed by atoms with Gasteiger partial charge in [0.25, 0.3) is 0 Å². The van der Waals surface area contributed by atoms with Gasteiger partial charge in [-0.3, -0.25) is 0 Å². The molecule has 3 aromatic carbocycles. The molecule has 0 fully saturated rings. The van der Waals surface area contributed by atoms with Crippen LogP contribution in [-0.2, 0) is 19.8 Å². The van der Waals surface area contributed by atoms with Crippen LogP contribution in [-0.4, -0.2) is 37.9 Å². The molecular weight excluding hydrogens is 394 g/mol. The Labute approximate surface area is 181 Å². The molecule has 7 nitrogen and oxygen atoms in total. The molecule has 3 aromatic rings. The van der Waals surface area contributed by atoms with Crippen molar-refractivity contribution in [3.8, 4) is 0 Å². The van der Waals surface area contributed by atoms with Crippen molar-refractivity contribution in [1.29, 1.82) is 0 Å². The fraction of sp³-hybridized carbons (Fsp3) is 0.250. The van der Waals surface area contributed by atoms with Crippen molar-refractivity contribution < 1.29 is 19.3 Å². The van der Waals surface area contributed by atoms with Crippen LogP contribution in [0.15, 0.2) is 96.1 Å². The first-order valence-corrected chi connectivity index (χ1v) is 9.79. The molecule has 31 heavy (non-hydrogen) atoms. The molecule has 7 heteroatoms. The molecule has 0 aliphatic heterocycles. The number of methoxy groups -OCH3 is 2. The summed E-state index contributed by atoms with van der Waals surface area (Å²) in [5, 5.41) is 14.6. The van der Waals surface area contributed by atoms with Crippen molar-refractivity contribution in [2.75, 3.05) is 14.2 Å². The molecular formula is C24H25N3O4. The number of ether oxygens (including phenoxy) is 3. The maximum atomic E-state index is 10.9. The fourth-order valence-electron chi connectivity index (χ4n) is 3.63. The van der Waals surface area contributed by atoms with Crippen LogP contribution in [0.1, 0.15) is 16.7 Å². The minimum atomic E-state index is -1.37. The number of hydrogen-bond acceptors (Lipinski definition) is 5. The Balaban J connectivity index is 2.25. The van der Waals surface area contributed by atoms with Crippen LogP contribution < -0.4 is 0 Å². The van der Waals surface area contributed by atoms with Crippen LogP contribution in [0.2, 0.25) is 0 Å². The van der Waals surface area contributed by atoms with Crippen LogP contribution in [0.25, 0.3) is 10.4 Å². The average Bonchev–Trinajstić information content (AvgIpc) is 2.84. The van der Waals surface area contributed by atoms with E-state index in [9.17, 15) is 10.6 Å². The number of aliphatic hydroxyl groups excluding tert-OH is 1. The second-order valence-electron chi connectivity index (χ2n) is 6.82. The second-order valence-corrected chi connectivity index (χ2v) is 6.82. The van der Waals surface area contributed by atoms with Crippen LogP contribution in [0, 0.1) is 0 Å². The first-order valence-electron chi connectivity index (χ1n) is 9.79.